The van der Waals surface area contributed by atoms with E-state index in [2.05, 4.69) is 15.2 Å². The summed E-state index contributed by atoms with van der Waals surface area (Å²) in [5.41, 5.74) is 4.94. The molecule has 4 nitrogen and oxygen atoms in total. The lowest BCUT2D eigenvalue weighted by Gasteiger charge is -2.07. The topological polar surface area (TPSA) is 50.8 Å². The first-order valence-corrected chi connectivity index (χ1v) is 9.73. The van der Waals surface area contributed by atoms with Crippen LogP contribution in [0.2, 0.25) is 0 Å². The molecule has 0 unspecified atom stereocenters. The Morgan fingerprint density at radius 2 is 1.64 bits per heavy atom. The number of aromatic amines is 1. The molecule has 0 bridgehead atoms. The minimum absolute atomic E-state index is 0.261. The summed E-state index contributed by atoms with van der Waals surface area (Å²) in [7, 11) is 1.66. The molecule has 2 heterocycles. The van der Waals surface area contributed by atoms with Crippen molar-refractivity contribution in [3.05, 3.63) is 84.4 Å². The zero-order chi connectivity index (χ0) is 19.3. The summed E-state index contributed by atoms with van der Waals surface area (Å²) >= 11 is 1.65. The third-order valence-corrected chi connectivity index (χ3v) is 5.42. The molecule has 0 radical (unpaired) electrons. The van der Waals surface area contributed by atoms with E-state index in [1.165, 1.54) is 17.7 Å². The van der Waals surface area contributed by atoms with E-state index in [0.29, 0.717) is 0 Å². The summed E-state index contributed by atoms with van der Waals surface area (Å²) in [6, 6.07) is 18.3. The van der Waals surface area contributed by atoms with E-state index in [0.717, 1.165) is 38.9 Å². The fourth-order valence-electron chi connectivity index (χ4n) is 2.92. The molecule has 1 N–H and O–H groups in total. The van der Waals surface area contributed by atoms with Crippen molar-refractivity contribution in [2.45, 2.75) is 10.8 Å². The van der Waals surface area contributed by atoms with Gasteiger partial charge in [0.05, 0.1) is 12.8 Å². The number of H-pyrrole nitrogens is 1. The summed E-state index contributed by atoms with van der Waals surface area (Å²) in [6.07, 6.45) is 3.52. The number of pyridine rings is 1. The second kappa shape index (κ2) is 8.27. The monoisotopic (exact) mass is 391 g/mol. The lowest BCUT2D eigenvalue weighted by molar-refractivity contribution is 0.414. The highest BCUT2D eigenvalue weighted by Crippen LogP contribution is 2.38. The summed E-state index contributed by atoms with van der Waals surface area (Å²) in [6.45, 7) is 0. The van der Waals surface area contributed by atoms with Crippen molar-refractivity contribution < 1.29 is 9.13 Å². The van der Waals surface area contributed by atoms with Crippen LogP contribution >= 0.6 is 11.8 Å². The Balaban J connectivity index is 1.67. The van der Waals surface area contributed by atoms with Crippen LogP contribution in [0.1, 0.15) is 5.56 Å². The van der Waals surface area contributed by atoms with Crippen LogP contribution in [0.15, 0.2) is 78.1 Å². The molecule has 140 valence electrons. The molecule has 2 aromatic carbocycles. The van der Waals surface area contributed by atoms with Crippen LogP contribution in [-0.2, 0) is 5.75 Å². The van der Waals surface area contributed by atoms with Crippen LogP contribution in [0.5, 0.6) is 5.75 Å². The van der Waals surface area contributed by atoms with Crippen molar-refractivity contribution in [3.8, 4) is 28.1 Å². The van der Waals surface area contributed by atoms with Gasteiger partial charge in [-0.3, -0.25) is 10.1 Å². The van der Waals surface area contributed by atoms with Crippen molar-refractivity contribution >= 4 is 11.8 Å². The molecular formula is C22H18FN3OS. The largest absolute Gasteiger partial charge is 0.497 e. The number of hydrogen-bond donors (Lipinski definition) is 1. The maximum Gasteiger partial charge on any atom is 0.127 e. The summed E-state index contributed by atoms with van der Waals surface area (Å²) in [5, 5.41) is 8.56. The minimum Gasteiger partial charge on any atom is -0.497 e. The molecule has 0 aliphatic rings. The lowest BCUT2D eigenvalue weighted by atomic mass is 10.0. The minimum atomic E-state index is -0.261. The average molecular weight is 391 g/mol. The van der Waals surface area contributed by atoms with Crippen LogP contribution in [-0.4, -0.2) is 22.3 Å². The first-order chi connectivity index (χ1) is 13.7. The molecule has 28 heavy (non-hydrogen) atoms. The quantitative estimate of drug-likeness (QED) is 0.436. The highest BCUT2D eigenvalue weighted by atomic mass is 32.2. The van der Waals surface area contributed by atoms with E-state index in [-0.39, 0.29) is 5.82 Å². The Labute approximate surface area is 166 Å². The molecule has 0 aliphatic carbocycles. The normalized spacial score (nSPS) is 10.8. The van der Waals surface area contributed by atoms with Crippen LogP contribution < -0.4 is 4.74 Å². The predicted octanol–water partition coefficient (Wildman–Crippen LogP) is 5.58. The van der Waals surface area contributed by atoms with Crippen molar-refractivity contribution in [2.24, 2.45) is 0 Å². The maximum atomic E-state index is 13.3. The molecule has 4 aromatic rings. The summed E-state index contributed by atoms with van der Waals surface area (Å²) in [4.78, 5) is 4.11. The van der Waals surface area contributed by atoms with Gasteiger partial charge in [-0.25, -0.2) is 4.39 Å². The van der Waals surface area contributed by atoms with Gasteiger partial charge in [0.2, 0.25) is 0 Å². The highest BCUT2D eigenvalue weighted by Gasteiger charge is 2.17. The van der Waals surface area contributed by atoms with Gasteiger partial charge in [-0.2, -0.15) is 5.10 Å². The van der Waals surface area contributed by atoms with Crippen molar-refractivity contribution in [2.75, 3.05) is 7.11 Å². The lowest BCUT2D eigenvalue weighted by Crippen LogP contribution is -1.87. The number of ether oxygens (including phenoxy) is 1. The van der Waals surface area contributed by atoms with Crippen LogP contribution in [0.4, 0.5) is 4.39 Å². The van der Waals surface area contributed by atoms with Gasteiger partial charge in [0.15, 0.2) is 0 Å². The number of aromatic nitrogens is 3. The number of rotatable bonds is 6. The number of nitrogens with zero attached hydrogens (tertiary/aromatic N) is 2. The average Bonchev–Trinajstić information content (AvgIpc) is 3.17. The predicted molar refractivity (Wildman–Crippen MR) is 110 cm³/mol. The van der Waals surface area contributed by atoms with Crippen molar-refractivity contribution in [1.29, 1.82) is 0 Å². The Kier molecular flexibility index (Phi) is 5.39. The number of thioether (sulfide) groups is 1. The molecule has 0 atom stereocenters. The highest BCUT2D eigenvalue weighted by molar-refractivity contribution is 7.98. The number of hydrogen-bond acceptors (Lipinski definition) is 4. The van der Waals surface area contributed by atoms with E-state index in [1.54, 1.807) is 43.4 Å². The van der Waals surface area contributed by atoms with Gasteiger partial charge in [0, 0.05) is 29.3 Å². The molecular weight excluding hydrogens is 373 g/mol. The second-order valence-corrected chi connectivity index (χ2v) is 7.12. The standard InChI is InChI=1S/C22H18FN3OS/c1-27-19-8-2-15(3-9-19)14-28-22-20(16-10-12-24-13-11-16)21(25-26-22)17-4-6-18(23)7-5-17/h2-13H,14H2,1H3,(H,25,26). The Morgan fingerprint density at radius 3 is 2.32 bits per heavy atom. The Morgan fingerprint density at radius 1 is 0.929 bits per heavy atom. The molecule has 0 amide bonds. The third-order valence-electron chi connectivity index (χ3n) is 4.37. The molecule has 0 saturated carbocycles. The first-order valence-electron chi connectivity index (χ1n) is 8.75. The van der Waals surface area contributed by atoms with Crippen molar-refractivity contribution in [1.82, 2.24) is 15.2 Å². The fourth-order valence-corrected chi connectivity index (χ4v) is 3.89. The van der Waals surface area contributed by atoms with Crippen LogP contribution in [0.3, 0.4) is 0 Å². The molecule has 0 saturated heterocycles. The van der Waals surface area contributed by atoms with Gasteiger partial charge in [-0.15, -0.1) is 0 Å². The van der Waals surface area contributed by atoms with Crippen LogP contribution in [0.25, 0.3) is 22.4 Å². The van der Waals surface area contributed by atoms with Gasteiger partial charge in [-0.1, -0.05) is 23.9 Å². The first kappa shape index (κ1) is 18.3. The Bertz CT molecular complexity index is 1050. The SMILES string of the molecule is COc1ccc(CSc2n[nH]c(-c3ccc(F)cc3)c2-c2ccncc2)cc1. The molecule has 2 aromatic heterocycles. The fraction of sp³-hybridized carbons (Fsp3) is 0.0909. The third kappa shape index (κ3) is 3.92. The molecule has 0 fully saturated rings. The van der Waals surface area contributed by atoms with E-state index in [1.807, 2.05) is 36.4 Å². The van der Waals surface area contributed by atoms with E-state index < -0.39 is 0 Å². The van der Waals surface area contributed by atoms with E-state index in [4.69, 9.17) is 4.74 Å². The number of nitrogens with one attached hydrogen (secondary N) is 1. The van der Waals surface area contributed by atoms with Crippen LogP contribution in [0, 0.1) is 5.82 Å². The van der Waals surface area contributed by atoms with Gasteiger partial charge in [0.1, 0.15) is 16.6 Å². The smallest absolute Gasteiger partial charge is 0.127 e. The van der Waals surface area contributed by atoms with E-state index in [9.17, 15) is 4.39 Å². The molecule has 0 aliphatic heterocycles. The summed E-state index contributed by atoms with van der Waals surface area (Å²) < 4.78 is 18.6. The second-order valence-electron chi connectivity index (χ2n) is 6.16. The van der Waals surface area contributed by atoms with Gasteiger partial charge >= 0.3 is 0 Å². The maximum absolute atomic E-state index is 13.3. The van der Waals surface area contributed by atoms with E-state index >= 15 is 0 Å². The molecule has 0 spiro atoms. The summed E-state index contributed by atoms with van der Waals surface area (Å²) in [5.74, 6) is 1.35. The number of halogens is 1. The van der Waals surface area contributed by atoms with Crippen molar-refractivity contribution in [3.63, 3.8) is 0 Å². The number of benzene rings is 2. The molecule has 6 heteroatoms. The Hall–Kier alpha value is -3.12. The van der Waals surface area contributed by atoms with Gasteiger partial charge in [-0.05, 0) is 59.7 Å². The van der Waals surface area contributed by atoms with Gasteiger partial charge in [0.25, 0.3) is 0 Å². The molecule has 4 rings (SSSR count). The number of methoxy groups -OCH3 is 1. The van der Waals surface area contributed by atoms with Gasteiger partial charge < -0.3 is 4.74 Å². The zero-order valence-corrected chi connectivity index (χ0v) is 16.0. The zero-order valence-electron chi connectivity index (χ0n) is 15.2.